The summed E-state index contributed by atoms with van der Waals surface area (Å²) in [4.78, 5) is 0. The molecule has 0 heterocycles. The molecule has 0 aliphatic carbocycles. The molecule has 0 aromatic heterocycles. The standard InChI is InChI=1S/C20H16.BrH/c1-3-9-17(10-4-1)15-16-19-13-7-8-14-20(19)18-11-5-2-6-12-18;/h1-16H;1H. The third-order valence-electron chi connectivity index (χ3n) is 3.30. The SMILES string of the molecule is Br.C(=Cc1ccccc1-c1ccccc1)c1ccccc1. The van der Waals surface area contributed by atoms with E-state index in [1.807, 2.05) is 12.1 Å². The first kappa shape index (κ1) is 15.3. The van der Waals surface area contributed by atoms with Crippen molar-refractivity contribution in [3.63, 3.8) is 0 Å². The molecule has 0 bridgehead atoms. The molecule has 0 unspecified atom stereocenters. The second-order valence-corrected chi connectivity index (χ2v) is 4.70. The van der Waals surface area contributed by atoms with Crippen molar-refractivity contribution in [2.75, 3.05) is 0 Å². The van der Waals surface area contributed by atoms with Crippen LogP contribution in [-0.2, 0) is 0 Å². The summed E-state index contributed by atoms with van der Waals surface area (Å²) >= 11 is 0. The maximum atomic E-state index is 2.18. The predicted octanol–water partition coefficient (Wildman–Crippen LogP) is 6.10. The Hall–Kier alpha value is -2.12. The Balaban J connectivity index is 0.00000161. The van der Waals surface area contributed by atoms with Gasteiger partial charge in [0.25, 0.3) is 0 Å². The fourth-order valence-electron chi connectivity index (χ4n) is 2.27. The van der Waals surface area contributed by atoms with Crippen molar-refractivity contribution in [3.8, 4) is 11.1 Å². The zero-order chi connectivity index (χ0) is 13.6. The normalized spacial score (nSPS) is 10.3. The summed E-state index contributed by atoms with van der Waals surface area (Å²) in [6.45, 7) is 0. The topological polar surface area (TPSA) is 0 Å². The molecule has 0 radical (unpaired) electrons. The largest absolute Gasteiger partial charge is 0.114 e. The molecule has 1 heteroatoms. The highest BCUT2D eigenvalue weighted by Crippen LogP contribution is 2.24. The van der Waals surface area contributed by atoms with E-state index in [1.165, 1.54) is 22.3 Å². The summed E-state index contributed by atoms with van der Waals surface area (Å²) in [5.74, 6) is 0. The van der Waals surface area contributed by atoms with E-state index in [0.717, 1.165) is 0 Å². The summed E-state index contributed by atoms with van der Waals surface area (Å²) in [5.41, 5.74) is 4.97. The maximum absolute atomic E-state index is 2.18. The third kappa shape index (κ3) is 3.93. The summed E-state index contributed by atoms with van der Waals surface area (Å²) < 4.78 is 0. The van der Waals surface area contributed by atoms with E-state index < -0.39 is 0 Å². The highest BCUT2D eigenvalue weighted by atomic mass is 79.9. The maximum Gasteiger partial charge on any atom is -0.0111 e. The van der Waals surface area contributed by atoms with Crippen molar-refractivity contribution < 1.29 is 0 Å². The number of hydrogen-bond acceptors (Lipinski definition) is 0. The Morgan fingerprint density at radius 3 is 1.81 bits per heavy atom. The molecule has 0 fully saturated rings. The fourth-order valence-corrected chi connectivity index (χ4v) is 2.27. The van der Waals surface area contributed by atoms with Gasteiger partial charge in [0.05, 0.1) is 0 Å². The lowest BCUT2D eigenvalue weighted by molar-refractivity contribution is 1.59. The van der Waals surface area contributed by atoms with Crippen molar-refractivity contribution in [1.29, 1.82) is 0 Å². The van der Waals surface area contributed by atoms with Gasteiger partial charge in [0.2, 0.25) is 0 Å². The molecule has 0 atom stereocenters. The smallest absolute Gasteiger partial charge is 0.0111 e. The number of hydrogen-bond donors (Lipinski definition) is 0. The molecule has 0 nitrogen and oxygen atoms in total. The lowest BCUT2D eigenvalue weighted by Gasteiger charge is -2.06. The second kappa shape index (κ2) is 7.61. The second-order valence-electron chi connectivity index (χ2n) is 4.70. The minimum Gasteiger partial charge on any atom is -0.114 e. The van der Waals surface area contributed by atoms with Gasteiger partial charge in [-0.25, -0.2) is 0 Å². The molecular weight excluding hydrogens is 320 g/mol. The zero-order valence-corrected chi connectivity index (χ0v) is 13.4. The first-order valence-electron chi connectivity index (χ1n) is 6.81. The van der Waals surface area contributed by atoms with Crippen LogP contribution < -0.4 is 0 Å². The van der Waals surface area contributed by atoms with E-state index in [1.54, 1.807) is 0 Å². The summed E-state index contributed by atoms with van der Waals surface area (Å²) in [7, 11) is 0. The molecule has 3 aromatic carbocycles. The Morgan fingerprint density at radius 1 is 0.524 bits per heavy atom. The van der Waals surface area contributed by atoms with Crippen molar-refractivity contribution >= 4 is 29.1 Å². The minimum absolute atomic E-state index is 0. The number of halogens is 1. The van der Waals surface area contributed by atoms with Crippen molar-refractivity contribution in [1.82, 2.24) is 0 Å². The highest BCUT2D eigenvalue weighted by molar-refractivity contribution is 8.93. The molecule has 21 heavy (non-hydrogen) atoms. The van der Waals surface area contributed by atoms with Gasteiger partial charge in [-0.1, -0.05) is 97.1 Å². The highest BCUT2D eigenvalue weighted by Gasteiger charge is 2.00. The summed E-state index contributed by atoms with van der Waals surface area (Å²) in [6, 6.07) is 29.4. The van der Waals surface area contributed by atoms with Gasteiger partial charge < -0.3 is 0 Å². The molecule has 3 aromatic rings. The molecule has 104 valence electrons. The van der Waals surface area contributed by atoms with Gasteiger partial charge >= 0.3 is 0 Å². The fraction of sp³-hybridized carbons (Fsp3) is 0. The molecular formula is C20H17Br. The average Bonchev–Trinajstić information content (AvgIpc) is 2.55. The van der Waals surface area contributed by atoms with Gasteiger partial charge in [0.15, 0.2) is 0 Å². The van der Waals surface area contributed by atoms with Crippen LogP contribution in [0.1, 0.15) is 11.1 Å². The molecule has 0 aliphatic heterocycles. The van der Waals surface area contributed by atoms with Crippen LogP contribution in [0.5, 0.6) is 0 Å². The van der Waals surface area contributed by atoms with E-state index in [4.69, 9.17) is 0 Å². The predicted molar refractivity (Wildman–Crippen MR) is 97.6 cm³/mol. The summed E-state index contributed by atoms with van der Waals surface area (Å²) in [6.07, 6.45) is 4.33. The quantitative estimate of drug-likeness (QED) is 0.507. The average molecular weight is 337 g/mol. The van der Waals surface area contributed by atoms with Gasteiger partial charge in [0, 0.05) is 0 Å². The van der Waals surface area contributed by atoms with Gasteiger partial charge in [-0.15, -0.1) is 17.0 Å². The van der Waals surface area contributed by atoms with Gasteiger partial charge in [-0.05, 0) is 22.3 Å². The van der Waals surface area contributed by atoms with Gasteiger partial charge in [-0.3, -0.25) is 0 Å². The molecule has 0 saturated heterocycles. The lowest BCUT2D eigenvalue weighted by atomic mass is 9.99. The molecule has 0 amide bonds. The Morgan fingerprint density at radius 2 is 1.10 bits per heavy atom. The third-order valence-corrected chi connectivity index (χ3v) is 3.30. The van der Waals surface area contributed by atoms with Crippen LogP contribution in [0.2, 0.25) is 0 Å². The van der Waals surface area contributed by atoms with Gasteiger partial charge in [-0.2, -0.15) is 0 Å². The van der Waals surface area contributed by atoms with Crippen LogP contribution in [0.3, 0.4) is 0 Å². The van der Waals surface area contributed by atoms with Crippen molar-refractivity contribution in [3.05, 3.63) is 96.1 Å². The molecule has 3 rings (SSSR count). The van der Waals surface area contributed by atoms with E-state index in [9.17, 15) is 0 Å². The van der Waals surface area contributed by atoms with Crippen molar-refractivity contribution in [2.24, 2.45) is 0 Å². The Labute approximate surface area is 136 Å². The number of benzene rings is 3. The first-order valence-corrected chi connectivity index (χ1v) is 6.81. The van der Waals surface area contributed by atoms with Crippen LogP contribution in [0, 0.1) is 0 Å². The van der Waals surface area contributed by atoms with Gasteiger partial charge in [0.1, 0.15) is 0 Å². The molecule has 0 N–H and O–H groups in total. The van der Waals surface area contributed by atoms with Crippen LogP contribution in [0.15, 0.2) is 84.9 Å². The van der Waals surface area contributed by atoms with E-state index >= 15 is 0 Å². The van der Waals surface area contributed by atoms with E-state index in [2.05, 4.69) is 84.9 Å². The minimum atomic E-state index is 0. The monoisotopic (exact) mass is 336 g/mol. The molecule has 0 saturated carbocycles. The van der Waals surface area contributed by atoms with Crippen LogP contribution in [-0.4, -0.2) is 0 Å². The zero-order valence-electron chi connectivity index (χ0n) is 11.6. The Kier molecular flexibility index (Phi) is 5.53. The first-order chi connectivity index (χ1) is 9.93. The van der Waals surface area contributed by atoms with E-state index in [-0.39, 0.29) is 17.0 Å². The number of rotatable bonds is 3. The van der Waals surface area contributed by atoms with E-state index in [0.29, 0.717) is 0 Å². The summed E-state index contributed by atoms with van der Waals surface area (Å²) in [5, 5.41) is 0. The molecule has 0 aliphatic rings. The van der Waals surface area contributed by atoms with Crippen LogP contribution in [0.25, 0.3) is 23.3 Å². The lowest BCUT2D eigenvalue weighted by Crippen LogP contribution is -1.82. The van der Waals surface area contributed by atoms with Crippen molar-refractivity contribution in [2.45, 2.75) is 0 Å². The van der Waals surface area contributed by atoms with Crippen LogP contribution in [0.4, 0.5) is 0 Å². The molecule has 0 spiro atoms. The van der Waals surface area contributed by atoms with Crippen LogP contribution >= 0.6 is 17.0 Å². The Bertz CT molecular complexity index is 700.